The molecule has 1 aromatic rings. The van der Waals surface area contributed by atoms with Gasteiger partial charge in [0.2, 0.25) is 0 Å². The molecule has 1 aliphatic heterocycles. The van der Waals surface area contributed by atoms with E-state index in [1.54, 1.807) is 16.3 Å². The van der Waals surface area contributed by atoms with Crippen LogP contribution in [-0.2, 0) is 0 Å². The Kier molecular flexibility index (Phi) is 8.67. The highest BCUT2D eigenvalue weighted by molar-refractivity contribution is 7.10. The number of rotatable bonds is 3. The van der Waals surface area contributed by atoms with Gasteiger partial charge in [-0.15, -0.1) is 36.2 Å². The molecule has 1 atom stereocenters. The summed E-state index contributed by atoms with van der Waals surface area (Å²) >= 11 is 7.24. The van der Waals surface area contributed by atoms with E-state index in [9.17, 15) is 8.78 Å². The number of hydrogen-bond acceptors (Lipinski definition) is 3. The summed E-state index contributed by atoms with van der Waals surface area (Å²) in [6.07, 6.45) is -2.39. The van der Waals surface area contributed by atoms with Crippen LogP contribution >= 0.6 is 47.8 Å². The van der Waals surface area contributed by atoms with Crippen molar-refractivity contribution in [2.75, 3.05) is 26.2 Å². The maximum atomic E-state index is 13.1. The van der Waals surface area contributed by atoms with Crippen LogP contribution in [0.25, 0.3) is 0 Å². The number of nitrogens with zero attached hydrogens (tertiary/aromatic N) is 1. The molecule has 0 unspecified atom stereocenters. The van der Waals surface area contributed by atoms with E-state index in [-0.39, 0.29) is 24.8 Å². The first-order chi connectivity index (χ1) is 7.70. The van der Waals surface area contributed by atoms with Gasteiger partial charge in [0.1, 0.15) is 6.04 Å². The fourth-order valence-electron chi connectivity index (χ4n) is 1.92. The number of piperazine rings is 1. The second-order valence-electron chi connectivity index (χ2n) is 3.70. The molecule has 106 valence electrons. The summed E-state index contributed by atoms with van der Waals surface area (Å²) in [5.74, 6) is 0. The third kappa shape index (κ3) is 4.18. The lowest BCUT2D eigenvalue weighted by atomic mass is 10.2. The Morgan fingerprint density at radius 1 is 1.28 bits per heavy atom. The minimum Gasteiger partial charge on any atom is -0.314 e. The van der Waals surface area contributed by atoms with E-state index in [1.807, 2.05) is 0 Å². The van der Waals surface area contributed by atoms with Crippen molar-refractivity contribution >= 4 is 47.8 Å². The predicted octanol–water partition coefficient (Wildman–Crippen LogP) is 3.46. The van der Waals surface area contributed by atoms with Gasteiger partial charge in [-0.3, -0.25) is 4.90 Å². The Hall–Kier alpha value is 0.350. The fraction of sp³-hybridized carbons (Fsp3) is 0.600. The van der Waals surface area contributed by atoms with Crippen molar-refractivity contribution in [2.24, 2.45) is 0 Å². The molecule has 0 bridgehead atoms. The monoisotopic (exact) mass is 338 g/mol. The van der Waals surface area contributed by atoms with E-state index >= 15 is 0 Å². The van der Waals surface area contributed by atoms with Crippen molar-refractivity contribution in [1.82, 2.24) is 10.2 Å². The van der Waals surface area contributed by atoms with Gasteiger partial charge in [0.05, 0.1) is 5.02 Å². The van der Waals surface area contributed by atoms with E-state index in [2.05, 4.69) is 5.32 Å². The molecular formula is C10H15Cl3F2N2S. The second-order valence-corrected chi connectivity index (χ2v) is 5.05. The molecule has 2 rings (SSSR count). The highest BCUT2D eigenvalue weighted by Crippen LogP contribution is 2.36. The normalized spacial score (nSPS) is 18.0. The van der Waals surface area contributed by atoms with Crippen molar-refractivity contribution in [3.05, 3.63) is 21.3 Å². The van der Waals surface area contributed by atoms with Crippen LogP contribution in [0.5, 0.6) is 0 Å². The maximum absolute atomic E-state index is 13.1. The molecule has 18 heavy (non-hydrogen) atoms. The lowest BCUT2D eigenvalue weighted by Gasteiger charge is -2.34. The van der Waals surface area contributed by atoms with Crippen LogP contribution in [0.4, 0.5) is 8.78 Å². The summed E-state index contributed by atoms with van der Waals surface area (Å²) in [5, 5.41) is 5.36. The minimum atomic E-state index is -2.39. The third-order valence-corrected chi connectivity index (χ3v) is 4.13. The van der Waals surface area contributed by atoms with Gasteiger partial charge in [-0.1, -0.05) is 11.6 Å². The Bertz CT molecular complexity index is 346. The zero-order valence-electron chi connectivity index (χ0n) is 9.44. The molecule has 1 aliphatic rings. The topological polar surface area (TPSA) is 15.3 Å². The third-order valence-electron chi connectivity index (χ3n) is 2.70. The first-order valence-corrected chi connectivity index (χ1v) is 6.41. The van der Waals surface area contributed by atoms with Gasteiger partial charge in [0, 0.05) is 31.1 Å². The van der Waals surface area contributed by atoms with E-state index in [4.69, 9.17) is 11.6 Å². The van der Waals surface area contributed by atoms with Crippen LogP contribution in [0, 0.1) is 0 Å². The van der Waals surface area contributed by atoms with E-state index in [1.165, 1.54) is 11.3 Å². The minimum absolute atomic E-state index is 0. The average Bonchev–Trinajstić information content (AvgIpc) is 2.66. The van der Waals surface area contributed by atoms with Gasteiger partial charge in [-0.2, -0.15) is 0 Å². The quantitative estimate of drug-likeness (QED) is 0.907. The molecule has 1 fully saturated rings. The van der Waals surface area contributed by atoms with E-state index in [0.29, 0.717) is 23.0 Å². The summed E-state index contributed by atoms with van der Waals surface area (Å²) < 4.78 is 26.2. The van der Waals surface area contributed by atoms with E-state index < -0.39 is 12.5 Å². The molecule has 2 nitrogen and oxygen atoms in total. The number of alkyl halides is 2. The molecule has 0 aliphatic carbocycles. The molecule has 0 saturated carbocycles. The van der Waals surface area contributed by atoms with Gasteiger partial charge in [-0.25, -0.2) is 8.78 Å². The van der Waals surface area contributed by atoms with Crippen LogP contribution in [0.2, 0.25) is 5.02 Å². The summed E-state index contributed by atoms with van der Waals surface area (Å²) in [7, 11) is 0. The van der Waals surface area contributed by atoms with Crippen LogP contribution in [0.3, 0.4) is 0 Å². The van der Waals surface area contributed by atoms with Crippen LogP contribution in [-0.4, -0.2) is 37.5 Å². The van der Waals surface area contributed by atoms with Gasteiger partial charge < -0.3 is 5.32 Å². The fourth-order valence-corrected chi connectivity index (χ4v) is 3.22. The smallest absolute Gasteiger partial charge is 0.258 e. The summed E-state index contributed by atoms with van der Waals surface area (Å²) in [6, 6.07) is 0.827. The standard InChI is InChI=1S/C10H13ClF2N2S.2ClH/c11-7-1-6-16-9(7)8(10(12)13)15-4-2-14-3-5-15;;/h1,6,8,10,14H,2-5H2;2*1H/t8-;;/m1../s1. The Labute approximate surface area is 127 Å². The molecule has 1 N–H and O–H groups in total. The molecule has 2 heterocycles. The van der Waals surface area contributed by atoms with Crippen molar-refractivity contribution in [2.45, 2.75) is 12.5 Å². The summed E-state index contributed by atoms with van der Waals surface area (Å²) in [6.45, 7) is 2.80. The first kappa shape index (κ1) is 18.4. The SMILES string of the molecule is Cl.Cl.FC(F)[C@@H](c1sccc1Cl)N1CCNCC1. The predicted molar refractivity (Wildman–Crippen MR) is 77.0 cm³/mol. The Morgan fingerprint density at radius 2 is 1.89 bits per heavy atom. The van der Waals surface area contributed by atoms with Crippen molar-refractivity contribution in [3.63, 3.8) is 0 Å². The maximum Gasteiger partial charge on any atom is 0.258 e. The highest BCUT2D eigenvalue weighted by Gasteiger charge is 2.32. The first-order valence-electron chi connectivity index (χ1n) is 5.16. The molecule has 0 spiro atoms. The number of thiophene rings is 1. The van der Waals surface area contributed by atoms with Crippen molar-refractivity contribution in [3.8, 4) is 0 Å². The molecular weight excluding hydrogens is 325 g/mol. The Morgan fingerprint density at radius 3 is 2.33 bits per heavy atom. The molecule has 8 heteroatoms. The number of halogens is 5. The molecule has 0 aromatic carbocycles. The Balaban J connectivity index is 0.00000144. The average molecular weight is 340 g/mol. The zero-order chi connectivity index (χ0) is 11.5. The van der Waals surface area contributed by atoms with Crippen molar-refractivity contribution in [1.29, 1.82) is 0 Å². The van der Waals surface area contributed by atoms with Crippen LogP contribution in [0.1, 0.15) is 10.9 Å². The van der Waals surface area contributed by atoms with Crippen molar-refractivity contribution < 1.29 is 8.78 Å². The van der Waals surface area contributed by atoms with Gasteiger partial charge in [0.25, 0.3) is 6.43 Å². The second kappa shape index (κ2) is 8.51. The molecule has 1 saturated heterocycles. The summed E-state index contributed by atoms with van der Waals surface area (Å²) in [4.78, 5) is 2.39. The van der Waals surface area contributed by atoms with Crippen LogP contribution in [0.15, 0.2) is 11.4 Å². The van der Waals surface area contributed by atoms with E-state index in [0.717, 1.165) is 13.1 Å². The lowest BCUT2D eigenvalue weighted by Crippen LogP contribution is -2.46. The number of nitrogens with one attached hydrogen (secondary N) is 1. The summed E-state index contributed by atoms with van der Waals surface area (Å²) in [5.41, 5.74) is 0. The highest BCUT2D eigenvalue weighted by atomic mass is 35.5. The van der Waals surface area contributed by atoms with Gasteiger partial charge >= 0.3 is 0 Å². The molecule has 0 amide bonds. The molecule has 1 aromatic heterocycles. The zero-order valence-corrected chi connectivity index (χ0v) is 12.6. The lowest BCUT2D eigenvalue weighted by molar-refractivity contribution is 0.0200. The van der Waals surface area contributed by atoms with Gasteiger partial charge in [-0.05, 0) is 11.4 Å². The van der Waals surface area contributed by atoms with Crippen LogP contribution < -0.4 is 5.32 Å². The van der Waals surface area contributed by atoms with Gasteiger partial charge in [0.15, 0.2) is 0 Å². The molecule has 0 radical (unpaired) electrons. The largest absolute Gasteiger partial charge is 0.314 e. The number of hydrogen-bond donors (Lipinski definition) is 1.